The third-order valence-electron chi connectivity index (χ3n) is 2.73. The number of amides is 1. The van der Waals surface area contributed by atoms with Gasteiger partial charge in [0.25, 0.3) is 6.47 Å². The van der Waals surface area contributed by atoms with Crippen LogP contribution in [0.15, 0.2) is 60.7 Å². The molecule has 1 amide bonds. The summed E-state index contributed by atoms with van der Waals surface area (Å²) in [5.74, 6) is -0.155. The monoisotopic (exact) mass is 298 g/mol. The largest absolute Gasteiger partial charge is 0.483 e. The van der Waals surface area contributed by atoms with E-state index in [0.717, 1.165) is 16.8 Å². The SMILES string of the molecule is NCc1ccccc1C=CC(=O)Nc1ccccc1.O=CO. The Labute approximate surface area is 129 Å². The second-order valence-electron chi connectivity index (χ2n) is 4.20. The van der Waals surface area contributed by atoms with Crippen LogP contribution in [0, 0.1) is 0 Å². The van der Waals surface area contributed by atoms with Crippen molar-refractivity contribution in [1.29, 1.82) is 0 Å². The Morgan fingerprint density at radius 1 is 1.09 bits per heavy atom. The van der Waals surface area contributed by atoms with Crippen molar-refractivity contribution in [3.8, 4) is 0 Å². The smallest absolute Gasteiger partial charge is 0.290 e. The lowest BCUT2D eigenvalue weighted by molar-refractivity contribution is -0.122. The first kappa shape index (κ1) is 17.1. The lowest BCUT2D eigenvalue weighted by Gasteiger charge is -2.03. The average molecular weight is 298 g/mol. The maximum Gasteiger partial charge on any atom is 0.290 e. The van der Waals surface area contributed by atoms with Crippen molar-refractivity contribution >= 4 is 24.1 Å². The molecular weight excluding hydrogens is 280 g/mol. The van der Waals surface area contributed by atoms with Gasteiger partial charge in [0, 0.05) is 18.3 Å². The van der Waals surface area contributed by atoms with E-state index in [0.29, 0.717) is 6.54 Å². The average Bonchev–Trinajstić information content (AvgIpc) is 2.55. The quantitative estimate of drug-likeness (QED) is 0.597. The summed E-state index contributed by atoms with van der Waals surface area (Å²) in [5.41, 5.74) is 8.41. The zero-order chi connectivity index (χ0) is 16.2. The fraction of sp³-hybridized carbons (Fsp3) is 0.0588. The molecule has 0 aliphatic heterocycles. The van der Waals surface area contributed by atoms with Gasteiger partial charge in [-0.15, -0.1) is 0 Å². The highest BCUT2D eigenvalue weighted by Crippen LogP contribution is 2.10. The third-order valence-corrected chi connectivity index (χ3v) is 2.73. The van der Waals surface area contributed by atoms with Gasteiger partial charge in [0.1, 0.15) is 0 Å². The van der Waals surface area contributed by atoms with Gasteiger partial charge in [-0.3, -0.25) is 9.59 Å². The first-order valence-corrected chi connectivity index (χ1v) is 6.61. The van der Waals surface area contributed by atoms with Crippen LogP contribution in [0.4, 0.5) is 5.69 Å². The van der Waals surface area contributed by atoms with E-state index in [9.17, 15) is 4.79 Å². The molecule has 0 aliphatic carbocycles. The van der Waals surface area contributed by atoms with Crippen molar-refractivity contribution < 1.29 is 14.7 Å². The Hall–Kier alpha value is -2.92. The molecule has 114 valence electrons. The molecule has 22 heavy (non-hydrogen) atoms. The first-order valence-electron chi connectivity index (χ1n) is 6.61. The van der Waals surface area contributed by atoms with Gasteiger partial charge in [-0.1, -0.05) is 42.5 Å². The summed E-state index contributed by atoms with van der Waals surface area (Å²) in [6.45, 7) is 0.209. The van der Waals surface area contributed by atoms with Crippen molar-refractivity contribution in [3.63, 3.8) is 0 Å². The highest BCUT2D eigenvalue weighted by Gasteiger charge is 1.98. The van der Waals surface area contributed by atoms with Crippen LogP contribution in [0.1, 0.15) is 11.1 Å². The Balaban J connectivity index is 0.000000745. The van der Waals surface area contributed by atoms with Gasteiger partial charge in [0.05, 0.1) is 0 Å². The van der Waals surface area contributed by atoms with E-state index in [2.05, 4.69) is 5.32 Å². The Morgan fingerprint density at radius 3 is 2.32 bits per heavy atom. The molecule has 0 heterocycles. The molecule has 0 atom stereocenters. The molecule has 0 unspecified atom stereocenters. The molecule has 2 rings (SSSR count). The number of benzene rings is 2. The molecule has 0 spiro atoms. The molecule has 4 N–H and O–H groups in total. The van der Waals surface area contributed by atoms with Crippen LogP contribution in [0.2, 0.25) is 0 Å². The van der Waals surface area contributed by atoms with E-state index in [4.69, 9.17) is 15.6 Å². The molecule has 2 aromatic carbocycles. The number of rotatable bonds is 4. The van der Waals surface area contributed by atoms with E-state index >= 15 is 0 Å². The Morgan fingerprint density at radius 2 is 1.68 bits per heavy atom. The summed E-state index contributed by atoms with van der Waals surface area (Å²) < 4.78 is 0. The third kappa shape index (κ3) is 6.02. The maximum atomic E-state index is 11.8. The van der Waals surface area contributed by atoms with Crippen LogP contribution in [-0.4, -0.2) is 17.5 Å². The predicted octanol–water partition coefficient (Wildman–Crippen LogP) is 2.50. The standard InChI is InChI=1S/C16H16N2O.CH2O2/c17-12-14-7-5-4-6-13(14)10-11-16(19)18-15-8-2-1-3-9-15;2-1-3/h1-11H,12,17H2,(H,18,19);1H,(H,2,3). The normalized spacial score (nSPS) is 9.68. The number of carboxylic acid groups (broad SMARTS) is 1. The Bertz CT molecular complexity index is 625. The van der Waals surface area contributed by atoms with Crippen molar-refractivity contribution in [1.82, 2.24) is 0 Å². The second-order valence-corrected chi connectivity index (χ2v) is 4.20. The summed E-state index contributed by atoms with van der Waals surface area (Å²) in [7, 11) is 0. The van der Waals surface area contributed by atoms with Crippen LogP contribution in [0.25, 0.3) is 6.08 Å². The fourth-order valence-electron chi connectivity index (χ4n) is 1.75. The van der Waals surface area contributed by atoms with Gasteiger partial charge in [-0.25, -0.2) is 0 Å². The van der Waals surface area contributed by atoms with E-state index in [1.165, 1.54) is 6.08 Å². The van der Waals surface area contributed by atoms with Crippen LogP contribution in [0.3, 0.4) is 0 Å². The minimum Gasteiger partial charge on any atom is -0.483 e. The first-order chi connectivity index (χ1) is 10.7. The molecule has 0 aliphatic rings. The summed E-state index contributed by atoms with van der Waals surface area (Å²) in [6, 6.07) is 17.1. The number of carbonyl (C=O) groups is 2. The molecule has 5 heteroatoms. The maximum absolute atomic E-state index is 11.8. The number of para-hydroxylation sites is 1. The van der Waals surface area contributed by atoms with Gasteiger partial charge in [0.2, 0.25) is 5.91 Å². The number of nitrogens with two attached hydrogens (primary N) is 1. The zero-order valence-electron chi connectivity index (χ0n) is 12.0. The van der Waals surface area contributed by atoms with Crippen molar-refractivity contribution in [2.24, 2.45) is 5.73 Å². The second kappa shape index (κ2) is 9.90. The van der Waals surface area contributed by atoms with E-state index in [1.54, 1.807) is 6.08 Å². The number of hydrogen-bond donors (Lipinski definition) is 3. The number of hydrogen-bond acceptors (Lipinski definition) is 3. The number of anilines is 1. The van der Waals surface area contributed by atoms with Gasteiger partial charge in [-0.2, -0.15) is 0 Å². The molecule has 0 aromatic heterocycles. The van der Waals surface area contributed by atoms with Gasteiger partial charge in [0.15, 0.2) is 0 Å². The van der Waals surface area contributed by atoms with Gasteiger partial charge in [-0.05, 0) is 29.3 Å². The van der Waals surface area contributed by atoms with Crippen LogP contribution >= 0.6 is 0 Å². The van der Waals surface area contributed by atoms with Crippen LogP contribution in [-0.2, 0) is 16.1 Å². The fourth-order valence-corrected chi connectivity index (χ4v) is 1.75. The van der Waals surface area contributed by atoms with Crippen LogP contribution in [0.5, 0.6) is 0 Å². The topological polar surface area (TPSA) is 92.4 Å². The summed E-state index contributed by atoms with van der Waals surface area (Å²) in [4.78, 5) is 20.1. The van der Waals surface area contributed by atoms with Crippen molar-refractivity contribution in [3.05, 3.63) is 71.8 Å². The lowest BCUT2D eigenvalue weighted by Crippen LogP contribution is -2.07. The summed E-state index contributed by atoms with van der Waals surface area (Å²) in [6.07, 6.45) is 3.29. The van der Waals surface area contributed by atoms with Crippen molar-refractivity contribution in [2.45, 2.75) is 6.54 Å². The number of carbonyl (C=O) groups excluding carboxylic acids is 1. The van der Waals surface area contributed by atoms with E-state index < -0.39 is 0 Å². The van der Waals surface area contributed by atoms with Gasteiger partial charge < -0.3 is 16.2 Å². The predicted molar refractivity (Wildman–Crippen MR) is 87.1 cm³/mol. The molecule has 2 aromatic rings. The molecular formula is C17H18N2O3. The molecule has 0 radical (unpaired) electrons. The Kier molecular flexibility index (Phi) is 7.71. The highest BCUT2D eigenvalue weighted by atomic mass is 16.3. The molecule has 5 nitrogen and oxygen atoms in total. The molecule has 0 bridgehead atoms. The van der Waals surface area contributed by atoms with E-state index in [-0.39, 0.29) is 12.4 Å². The van der Waals surface area contributed by atoms with E-state index in [1.807, 2.05) is 54.6 Å². The minimum atomic E-state index is -0.250. The van der Waals surface area contributed by atoms with Crippen LogP contribution < -0.4 is 11.1 Å². The molecule has 0 saturated heterocycles. The minimum absolute atomic E-state index is 0.155. The van der Waals surface area contributed by atoms with Crippen molar-refractivity contribution in [2.75, 3.05) is 5.32 Å². The lowest BCUT2D eigenvalue weighted by atomic mass is 10.1. The zero-order valence-corrected chi connectivity index (χ0v) is 12.0. The molecule has 0 saturated carbocycles. The highest BCUT2D eigenvalue weighted by molar-refractivity contribution is 6.01. The molecule has 0 fully saturated rings. The number of nitrogens with one attached hydrogen (secondary N) is 1. The van der Waals surface area contributed by atoms with Gasteiger partial charge >= 0.3 is 0 Å². The summed E-state index contributed by atoms with van der Waals surface area (Å²) >= 11 is 0. The summed E-state index contributed by atoms with van der Waals surface area (Å²) in [5, 5.41) is 9.68.